The molecule has 0 unspecified atom stereocenters. The lowest BCUT2D eigenvalue weighted by atomic mass is 9.99. The Morgan fingerprint density at radius 1 is 0.818 bits per heavy atom. The zero-order valence-electron chi connectivity index (χ0n) is 10.1. The zero-order chi connectivity index (χ0) is 16.8. The summed E-state index contributed by atoms with van der Waals surface area (Å²) in [4.78, 5) is 12.7. The normalized spacial score (nSPS) is 11.8. The van der Waals surface area contributed by atoms with E-state index in [0.717, 1.165) is 0 Å². The summed E-state index contributed by atoms with van der Waals surface area (Å²) in [5.41, 5.74) is -6.25. The molecule has 2 aromatic rings. The van der Waals surface area contributed by atoms with Crippen molar-refractivity contribution in [2.45, 2.75) is 6.18 Å². The fourth-order valence-corrected chi connectivity index (χ4v) is 1.75. The first-order valence-electron chi connectivity index (χ1n) is 5.37. The molecule has 0 radical (unpaired) electrons. The van der Waals surface area contributed by atoms with E-state index in [4.69, 9.17) is 0 Å². The second-order valence-electron chi connectivity index (χ2n) is 4.07. The number of alkyl halides is 3. The van der Waals surface area contributed by atoms with Crippen LogP contribution < -0.4 is 5.56 Å². The first-order valence-corrected chi connectivity index (χ1v) is 5.37. The summed E-state index contributed by atoms with van der Waals surface area (Å²) in [6.07, 6.45) is -5.12. The number of pyridine rings is 1. The minimum atomic E-state index is -5.19. The van der Waals surface area contributed by atoms with Crippen LogP contribution in [0.3, 0.4) is 0 Å². The van der Waals surface area contributed by atoms with E-state index in [9.17, 15) is 39.9 Å². The molecule has 0 spiro atoms. The van der Waals surface area contributed by atoms with Crippen molar-refractivity contribution in [2.24, 2.45) is 0 Å². The second-order valence-corrected chi connectivity index (χ2v) is 4.07. The van der Waals surface area contributed by atoms with E-state index in [2.05, 4.69) is 0 Å². The molecule has 0 aliphatic rings. The van der Waals surface area contributed by atoms with Gasteiger partial charge in [-0.3, -0.25) is 4.79 Å². The third kappa shape index (κ3) is 2.44. The van der Waals surface area contributed by atoms with Crippen LogP contribution in [0.4, 0.5) is 35.1 Å². The maximum atomic E-state index is 13.6. The van der Waals surface area contributed by atoms with Crippen LogP contribution in [0.2, 0.25) is 0 Å². The molecule has 2 rings (SSSR count). The van der Waals surface area contributed by atoms with Gasteiger partial charge in [-0.1, -0.05) is 0 Å². The average Bonchev–Trinajstić information content (AvgIpc) is 2.42. The quantitative estimate of drug-likeness (QED) is 0.482. The van der Waals surface area contributed by atoms with E-state index in [1.54, 1.807) is 4.98 Å². The van der Waals surface area contributed by atoms with Gasteiger partial charge in [0.15, 0.2) is 23.3 Å². The molecule has 0 saturated heterocycles. The van der Waals surface area contributed by atoms with Gasteiger partial charge in [0.25, 0.3) is 0 Å². The number of H-pyrrole nitrogens is 1. The molecule has 0 fully saturated rings. The Bertz CT molecular complexity index is 779. The molecule has 1 N–H and O–H groups in total. The lowest BCUT2D eigenvalue weighted by Crippen LogP contribution is -2.15. The van der Waals surface area contributed by atoms with Crippen molar-refractivity contribution in [3.05, 3.63) is 57.3 Å². The molecule has 1 aromatic carbocycles. The number of hydrogen-bond acceptors (Lipinski definition) is 1. The molecule has 1 aromatic heterocycles. The molecule has 0 aliphatic carbocycles. The third-order valence-corrected chi connectivity index (χ3v) is 2.71. The van der Waals surface area contributed by atoms with Gasteiger partial charge in [0, 0.05) is 17.8 Å². The van der Waals surface area contributed by atoms with Crippen molar-refractivity contribution < 1.29 is 35.1 Å². The molecule has 0 atom stereocenters. The Labute approximate surface area is 116 Å². The monoisotopic (exact) mass is 329 g/mol. The maximum Gasteiger partial charge on any atom is 0.418 e. The fourth-order valence-electron chi connectivity index (χ4n) is 1.75. The highest BCUT2D eigenvalue weighted by atomic mass is 19.4. The predicted molar refractivity (Wildman–Crippen MR) is 57.3 cm³/mol. The SMILES string of the molecule is O=c1cc(-c2c(F)c(F)c(F)c(F)c2F)c(C(F)(F)F)c[nH]1. The van der Waals surface area contributed by atoms with Crippen molar-refractivity contribution in [3.8, 4) is 11.1 Å². The third-order valence-electron chi connectivity index (χ3n) is 2.71. The highest BCUT2D eigenvalue weighted by molar-refractivity contribution is 5.69. The molecule has 118 valence electrons. The van der Waals surface area contributed by atoms with E-state index in [1.165, 1.54) is 0 Å². The van der Waals surface area contributed by atoms with E-state index < -0.39 is 57.5 Å². The Kier molecular flexibility index (Phi) is 3.71. The van der Waals surface area contributed by atoms with Crippen molar-refractivity contribution in [3.63, 3.8) is 0 Å². The van der Waals surface area contributed by atoms with E-state index in [1.807, 2.05) is 0 Å². The zero-order valence-corrected chi connectivity index (χ0v) is 10.1. The number of hydrogen-bond donors (Lipinski definition) is 1. The van der Waals surface area contributed by atoms with Gasteiger partial charge in [-0.15, -0.1) is 0 Å². The first-order chi connectivity index (χ1) is 10.1. The molecular formula is C12H3F8NO. The van der Waals surface area contributed by atoms with Crippen molar-refractivity contribution in [1.29, 1.82) is 0 Å². The van der Waals surface area contributed by atoms with Crippen LogP contribution in [0.25, 0.3) is 11.1 Å². The first kappa shape index (κ1) is 16.0. The lowest BCUT2D eigenvalue weighted by molar-refractivity contribution is -0.137. The Hall–Kier alpha value is -2.39. The van der Waals surface area contributed by atoms with Crippen molar-refractivity contribution in [1.82, 2.24) is 4.98 Å². The number of benzene rings is 1. The summed E-state index contributed by atoms with van der Waals surface area (Å²) in [5.74, 6) is -12.3. The van der Waals surface area contributed by atoms with Gasteiger partial charge in [0.1, 0.15) is 0 Å². The van der Waals surface area contributed by atoms with Crippen LogP contribution >= 0.6 is 0 Å². The Morgan fingerprint density at radius 2 is 1.27 bits per heavy atom. The highest BCUT2D eigenvalue weighted by Crippen LogP contribution is 2.39. The molecule has 2 nitrogen and oxygen atoms in total. The molecule has 0 bridgehead atoms. The van der Waals surface area contributed by atoms with Gasteiger partial charge < -0.3 is 4.98 Å². The highest BCUT2D eigenvalue weighted by Gasteiger charge is 2.37. The summed E-state index contributed by atoms with van der Waals surface area (Å²) in [7, 11) is 0. The fraction of sp³-hybridized carbons (Fsp3) is 0.0833. The topological polar surface area (TPSA) is 32.9 Å². The van der Waals surface area contributed by atoms with Crippen LogP contribution in [0.1, 0.15) is 5.56 Å². The van der Waals surface area contributed by atoms with Gasteiger partial charge >= 0.3 is 6.18 Å². The Morgan fingerprint density at radius 3 is 1.73 bits per heavy atom. The van der Waals surface area contributed by atoms with Crippen LogP contribution in [-0.4, -0.2) is 4.98 Å². The smallest absolute Gasteiger partial charge is 0.328 e. The van der Waals surface area contributed by atoms with Gasteiger partial charge in [-0.25, -0.2) is 22.0 Å². The molecule has 0 saturated carbocycles. The minimum absolute atomic E-state index is 0.0791. The standard InChI is InChI=1S/C12H3F8NO/c13-7-6(8(14)10(16)11(17)9(7)15)3-1-5(22)21-2-4(3)12(18,19)20/h1-2H,(H,21,22). The molecule has 0 aliphatic heterocycles. The lowest BCUT2D eigenvalue weighted by Gasteiger charge is -2.14. The van der Waals surface area contributed by atoms with Crippen molar-refractivity contribution in [2.75, 3.05) is 0 Å². The van der Waals surface area contributed by atoms with Gasteiger partial charge in [-0.2, -0.15) is 13.2 Å². The maximum absolute atomic E-state index is 13.6. The van der Waals surface area contributed by atoms with Crippen LogP contribution in [-0.2, 0) is 6.18 Å². The molecule has 10 heteroatoms. The molecule has 1 heterocycles. The minimum Gasteiger partial charge on any atom is -0.328 e. The van der Waals surface area contributed by atoms with Crippen LogP contribution in [0, 0.1) is 29.1 Å². The van der Waals surface area contributed by atoms with E-state index >= 15 is 0 Å². The summed E-state index contributed by atoms with van der Waals surface area (Å²) < 4.78 is 105. The van der Waals surface area contributed by atoms with Gasteiger partial charge in [0.2, 0.25) is 11.4 Å². The number of halogens is 8. The number of aromatic amines is 1. The predicted octanol–water partition coefficient (Wildman–Crippen LogP) is 3.76. The number of aromatic nitrogens is 1. The van der Waals surface area contributed by atoms with E-state index in [-0.39, 0.29) is 12.3 Å². The second kappa shape index (κ2) is 5.11. The molecular weight excluding hydrogens is 326 g/mol. The van der Waals surface area contributed by atoms with E-state index in [0.29, 0.717) is 0 Å². The Balaban J connectivity index is 2.95. The molecule has 22 heavy (non-hydrogen) atoms. The molecule has 0 amide bonds. The number of rotatable bonds is 1. The van der Waals surface area contributed by atoms with Crippen molar-refractivity contribution >= 4 is 0 Å². The van der Waals surface area contributed by atoms with Gasteiger partial charge in [-0.05, 0) is 0 Å². The summed E-state index contributed by atoms with van der Waals surface area (Å²) in [6, 6.07) is 0.0983. The number of nitrogens with one attached hydrogen (secondary N) is 1. The van der Waals surface area contributed by atoms with Crippen LogP contribution in [0.5, 0.6) is 0 Å². The summed E-state index contributed by atoms with van der Waals surface area (Å²) >= 11 is 0. The average molecular weight is 329 g/mol. The van der Waals surface area contributed by atoms with Gasteiger partial charge in [0.05, 0.1) is 11.1 Å². The largest absolute Gasteiger partial charge is 0.418 e. The summed E-state index contributed by atoms with van der Waals surface area (Å²) in [6.45, 7) is 0. The summed E-state index contributed by atoms with van der Waals surface area (Å²) in [5, 5.41) is 0. The van der Waals surface area contributed by atoms with Crippen LogP contribution in [0.15, 0.2) is 17.1 Å².